The fourth-order valence-corrected chi connectivity index (χ4v) is 1.98. The molecule has 1 rings (SSSR count). The molecule has 18 heavy (non-hydrogen) atoms. The van der Waals surface area contributed by atoms with Crippen LogP contribution in [0.1, 0.15) is 38.3 Å². The number of Topliss-reactive ketones (excluding diaryl/α,β-unsaturated/α-hetero) is 1. The topological polar surface area (TPSA) is 29.1 Å². The van der Waals surface area contributed by atoms with Crippen molar-refractivity contribution in [2.24, 2.45) is 0 Å². The first-order valence-corrected chi connectivity index (χ1v) is 6.67. The third kappa shape index (κ3) is 5.65. The SMILES string of the molecule is Cc1ccc(CC(=O)CCNC(C)(C)C)c(Cl)c1. The maximum absolute atomic E-state index is 11.8. The molecule has 0 aromatic heterocycles. The standard InChI is InChI=1S/C15H22ClNO/c1-11-5-6-12(14(16)9-11)10-13(18)7-8-17-15(2,3)4/h5-6,9,17H,7-8,10H2,1-4H3. The summed E-state index contributed by atoms with van der Waals surface area (Å²) in [6.45, 7) is 8.98. The van der Waals surface area contributed by atoms with Crippen LogP contribution in [0.15, 0.2) is 18.2 Å². The zero-order chi connectivity index (χ0) is 13.8. The van der Waals surface area contributed by atoms with Crippen molar-refractivity contribution in [3.8, 4) is 0 Å². The number of halogens is 1. The maximum atomic E-state index is 11.8. The van der Waals surface area contributed by atoms with Crippen molar-refractivity contribution < 1.29 is 4.79 Å². The van der Waals surface area contributed by atoms with Crippen LogP contribution in [-0.4, -0.2) is 17.9 Å². The molecule has 0 aliphatic heterocycles. The molecule has 0 amide bonds. The highest BCUT2D eigenvalue weighted by Gasteiger charge is 2.11. The van der Waals surface area contributed by atoms with Gasteiger partial charge in [0.05, 0.1) is 0 Å². The molecule has 0 heterocycles. The van der Waals surface area contributed by atoms with E-state index in [2.05, 4.69) is 26.1 Å². The molecule has 0 spiro atoms. The highest BCUT2D eigenvalue weighted by Crippen LogP contribution is 2.18. The fraction of sp³-hybridized carbons (Fsp3) is 0.533. The van der Waals surface area contributed by atoms with E-state index in [9.17, 15) is 4.79 Å². The van der Waals surface area contributed by atoms with Crippen molar-refractivity contribution in [1.29, 1.82) is 0 Å². The molecular formula is C15H22ClNO. The van der Waals surface area contributed by atoms with E-state index in [0.29, 0.717) is 24.4 Å². The number of carbonyl (C=O) groups is 1. The van der Waals surface area contributed by atoms with Gasteiger partial charge >= 0.3 is 0 Å². The van der Waals surface area contributed by atoms with Gasteiger partial charge < -0.3 is 5.32 Å². The van der Waals surface area contributed by atoms with Crippen molar-refractivity contribution in [2.45, 2.75) is 46.1 Å². The molecule has 1 aromatic carbocycles. The van der Waals surface area contributed by atoms with Gasteiger partial charge in [0, 0.05) is 29.9 Å². The average molecular weight is 268 g/mol. The van der Waals surface area contributed by atoms with E-state index in [1.54, 1.807) is 0 Å². The summed E-state index contributed by atoms with van der Waals surface area (Å²) in [7, 11) is 0. The van der Waals surface area contributed by atoms with E-state index in [-0.39, 0.29) is 11.3 Å². The predicted molar refractivity (Wildman–Crippen MR) is 77.3 cm³/mol. The smallest absolute Gasteiger partial charge is 0.138 e. The van der Waals surface area contributed by atoms with Crippen LogP contribution in [0.25, 0.3) is 0 Å². The van der Waals surface area contributed by atoms with Gasteiger partial charge in [-0.05, 0) is 44.9 Å². The summed E-state index contributed by atoms with van der Waals surface area (Å²) in [5, 5.41) is 4.00. The highest BCUT2D eigenvalue weighted by atomic mass is 35.5. The maximum Gasteiger partial charge on any atom is 0.138 e. The summed E-state index contributed by atoms with van der Waals surface area (Å²) in [6.07, 6.45) is 0.965. The minimum absolute atomic E-state index is 0.0573. The summed E-state index contributed by atoms with van der Waals surface area (Å²) < 4.78 is 0. The zero-order valence-electron chi connectivity index (χ0n) is 11.6. The van der Waals surface area contributed by atoms with Crippen molar-refractivity contribution in [3.05, 3.63) is 34.3 Å². The Labute approximate surface area is 115 Å². The van der Waals surface area contributed by atoms with E-state index in [1.807, 2.05) is 25.1 Å². The number of carbonyl (C=O) groups excluding carboxylic acids is 1. The molecule has 0 aliphatic carbocycles. The fourth-order valence-electron chi connectivity index (χ4n) is 1.67. The van der Waals surface area contributed by atoms with Gasteiger partial charge in [-0.15, -0.1) is 0 Å². The van der Waals surface area contributed by atoms with Crippen LogP contribution >= 0.6 is 11.6 Å². The lowest BCUT2D eigenvalue weighted by atomic mass is 10.0. The Bertz CT molecular complexity index is 421. The summed E-state index contributed by atoms with van der Waals surface area (Å²) in [4.78, 5) is 11.8. The molecule has 100 valence electrons. The number of ketones is 1. The van der Waals surface area contributed by atoms with Crippen molar-refractivity contribution >= 4 is 17.4 Å². The largest absolute Gasteiger partial charge is 0.312 e. The van der Waals surface area contributed by atoms with Crippen molar-refractivity contribution in [3.63, 3.8) is 0 Å². The molecule has 0 saturated carbocycles. The molecule has 0 radical (unpaired) electrons. The monoisotopic (exact) mass is 267 g/mol. The molecule has 1 aromatic rings. The zero-order valence-corrected chi connectivity index (χ0v) is 12.4. The van der Waals surface area contributed by atoms with E-state index < -0.39 is 0 Å². The molecule has 0 unspecified atom stereocenters. The van der Waals surface area contributed by atoms with Gasteiger partial charge in [-0.25, -0.2) is 0 Å². The van der Waals surface area contributed by atoms with Crippen LogP contribution in [0.5, 0.6) is 0 Å². The first-order chi connectivity index (χ1) is 8.28. The normalized spacial score (nSPS) is 11.6. The van der Waals surface area contributed by atoms with Gasteiger partial charge in [0.25, 0.3) is 0 Å². The Morgan fingerprint density at radius 3 is 2.56 bits per heavy atom. The lowest BCUT2D eigenvalue weighted by Crippen LogP contribution is -2.37. The van der Waals surface area contributed by atoms with Crippen molar-refractivity contribution in [2.75, 3.05) is 6.54 Å². The van der Waals surface area contributed by atoms with Gasteiger partial charge in [-0.1, -0.05) is 23.7 Å². The number of benzene rings is 1. The van der Waals surface area contributed by atoms with E-state index >= 15 is 0 Å². The third-order valence-corrected chi connectivity index (χ3v) is 3.01. The van der Waals surface area contributed by atoms with Crippen LogP contribution in [-0.2, 0) is 11.2 Å². The Hall–Kier alpha value is -0.860. The third-order valence-electron chi connectivity index (χ3n) is 2.66. The predicted octanol–water partition coefficient (Wildman–Crippen LogP) is 3.54. The van der Waals surface area contributed by atoms with E-state index in [1.165, 1.54) is 0 Å². The van der Waals surface area contributed by atoms with Gasteiger partial charge in [-0.2, -0.15) is 0 Å². The number of rotatable bonds is 5. The first-order valence-electron chi connectivity index (χ1n) is 6.30. The van der Waals surface area contributed by atoms with Gasteiger partial charge in [0.2, 0.25) is 0 Å². The van der Waals surface area contributed by atoms with Crippen LogP contribution < -0.4 is 5.32 Å². The Balaban J connectivity index is 2.45. The molecular weight excluding hydrogens is 246 g/mol. The summed E-state index contributed by atoms with van der Waals surface area (Å²) in [5.74, 6) is 0.220. The Morgan fingerprint density at radius 2 is 2.00 bits per heavy atom. The molecule has 2 nitrogen and oxygen atoms in total. The number of hydrogen-bond acceptors (Lipinski definition) is 2. The summed E-state index contributed by atoms with van der Waals surface area (Å²) in [5.41, 5.74) is 2.09. The second-order valence-corrected chi connectivity index (χ2v) is 6.14. The first kappa shape index (κ1) is 15.2. The minimum Gasteiger partial charge on any atom is -0.312 e. The molecule has 0 atom stereocenters. The lowest BCUT2D eigenvalue weighted by molar-refractivity contribution is -0.118. The molecule has 0 saturated heterocycles. The molecule has 0 aliphatic rings. The lowest BCUT2D eigenvalue weighted by Gasteiger charge is -2.20. The van der Waals surface area contributed by atoms with Gasteiger partial charge in [0.1, 0.15) is 5.78 Å². The molecule has 0 bridgehead atoms. The van der Waals surface area contributed by atoms with Crippen LogP contribution in [0.3, 0.4) is 0 Å². The highest BCUT2D eigenvalue weighted by molar-refractivity contribution is 6.31. The average Bonchev–Trinajstić information content (AvgIpc) is 2.20. The Kier molecular flexibility index (Phi) is 5.36. The van der Waals surface area contributed by atoms with Gasteiger partial charge in [0.15, 0.2) is 0 Å². The second-order valence-electron chi connectivity index (χ2n) is 5.74. The van der Waals surface area contributed by atoms with Crippen LogP contribution in [0.4, 0.5) is 0 Å². The minimum atomic E-state index is 0.0573. The number of aryl methyl sites for hydroxylation is 1. The summed E-state index contributed by atoms with van der Waals surface area (Å²) in [6, 6.07) is 5.83. The molecule has 0 fully saturated rings. The van der Waals surface area contributed by atoms with Crippen LogP contribution in [0.2, 0.25) is 5.02 Å². The van der Waals surface area contributed by atoms with Crippen molar-refractivity contribution in [1.82, 2.24) is 5.32 Å². The Morgan fingerprint density at radius 1 is 1.33 bits per heavy atom. The summed E-state index contributed by atoms with van der Waals surface area (Å²) >= 11 is 6.11. The van der Waals surface area contributed by atoms with E-state index in [0.717, 1.165) is 11.1 Å². The van der Waals surface area contributed by atoms with E-state index in [4.69, 9.17) is 11.6 Å². The molecule has 3 heteroatoms. The van der Waals surface area contributed by atoms with Gasteiger partial charge in [-0.3, -0.25) is 4.79 Å². The quantitative estimate of drug-likeness (QED) is 0.884. The number of hydrogen-bond donors (Lipinski definition) is 1. The second kappa shape index (κ2) is 6.35. The van der Waals surface area contributed by atoms with Crippen LogP contribution in [0, 0.1) is 6.92 Å². The molecule has 1 N–H and O–H groups in total. The number of nitrogens with one attached hydrogen (secondary N) is 1.